The van der Waals surface area contributed by atoms with Crippen molar-refractivity contribution in [3.05, 3.63) is 28.3 Å². The van der Waals surface area contributed by atoms with E-state index in [1.807, 2.05) is 17.8 Å². The van der Waals surface area contributed by atoms with Gasteiger partial charge in [0.15, 0.2) is 0 Å². The molecule has 0 radical (unpaired) electrons. The minimum atomic E-state index is -0.394. The molecule has 0 amide bonds. The summed E-state index contributed by atoms with van der Waals surface area (Å²) < 4.78 is 0. The highest BCUT2D eigenvalue weighted by Gasteiger charge is 2.20. The lowest BCUT2D eigenvalue weighted by Crippen LogP contribution is -2.34. The second-order valence-electron chi connectivity index (χ2n) is 4.46. The van der Waals surface area contributed by atoms with Crippen LogP contribution in [0.3, 0.4) is 0 Å². The molecule has 1 aliphatic rings. The maximum atomic E-state index is 10.8. The molecule has 0 unspecified atom stereocenters. The number of hydrogen-bond donors (Lipinski definition) is 1. The fourth-order valence-electron chi connectivity index (χ4n) is 2.26. The van der Waals surface area contributed by atoms with Crippen molar-refractivity contribution in [3.63, 3.8) is 0 Å². The van der Waals surface area contributed by atoms with Crippen LogP contribution in [-0.2, 0) is 0 Å². The highest BCUT2D eigenvalue weighted by molar-refractivity contribution is 7.99. The lowest BCUT2D eigenvalue weighted by Gasteiger charge is -2.32. The van der Waals surface area contributed by atoms with E-state index >= 15 is 0 Å². The molecule has 6 heteroatoms. The maximum absolute atomic E-state index is 10.8. The third kappa shape index (κ3) is 2.87. The van der Waals surface area contributed by atoms with Gasteiger partial charge in [0.1, 0.15) is 0 Å². The molecule has 0 aromatic heterocycles. The maximum Gasteiger partial charge on any atom is 0.273 e. The predicted molar refractivity (Wildman–Crippen MR) is 76.3 cm³/mol. The van der Waals surface area contributed by atoms with Crippen molar-refractivity contribution in [2.75, 3.05) is 30.0 Å². The molecule has 1 aliphatic heterocycles. The first kappa shape index (κ1) is 13.0. The minimum Gasteiger partial charge on any atom is -0.398 e. The molecular formula is C12H17N3O2S. The van der Waals surface area contributed by atoms with Crippen LogP contribution in [0.1, 0.15) is 12.8 Å². The van der Waals surface area contributed by atoms with Gasteiger partial charge in [0.05, 0.1) is 4.92 Å². The minimum absolute atomic E-state index is 0.0667. The summed E-state index contributed by atoms with van der Waals surface area (Å²) in [7, 11) is 0. The van der Waals surface area contributed by atoms with Gasteiger partial charge < -0.3 is 10.6 Å². The lowest BCUT2D eigenvalue weighted by atomic mass is 10.1. The van der Waals surface area contributed by atoms with Gasteiger partial charge in [-0.2, -0.15) is 11.8 Å². The van der Waals surface area contributed by atoms with Gasteiger partial charge in [-0.1, -0.05) is 0 Å². The van der Waals surface area contributed by atoms with Gasteiger partial charge in [-0.3, -0.25) is 10.1 Å². The molecule has 0 spiro atoms. The van der Waals surface area contributed by atoms with Crippen LogP contribution in [0.2, 0.25) is 0 Å². The summed E-state index contributed by atoms with van der Waals surface area (Å²) in [4.78, 5) is 12.6. The summed E-state index contributed by atoms with van der Waals surface area (Å²) in [6.45, 7) is 1.87. The Morgan fingerprint density at radius 2 is 2.06 bits per heavy atom. The van der Waals surface area contributed by atoms with Crippen molar-refractivity contribution in [2.45, 2.75) is 18.1 Å². The molecule has 98 valence electrons. The Morgan fingerprint density at radius 1 is 1.39 bits per heavy atom. The number of nitrogens with two attached hydrogens (primary N) is 1. The number of nitro groups is 1. The Labute approximate surface area is 110 Å². The molecular weight excluding hydrogens is 250 g/mol. The van der Waals surface area contributed by atoms with E-state index in [4.69, 9.17) is 5.73 Å². The summed E-state index contributed by atoms with van der Waals surface area (Å²) >= 11 is 1.89. The SMILES string of the molecule is CSC1CCN(c2cc(N)cc([N+](=O)[O-])c2)CC1. The van der Waals surface area contributed by atoms with Crippen LogP contribution in [0.4, 0.5) is 17.1 Å². The topological polar surface area (TPSA) is 72.4 Å². The van der Waals surface area contributed by atoms with Crippen molar-refractivity contribution in [2.24, 2.45) is 0 Å². The number of rotatable bonds is 3. The van der Waals surface area contributed by atoms with E-state index in [0.29, 0.717) is 10.9 Å². The number of hydrogen-bond acceptors (Lipinski definition) is 5. The molecule has 5 nitrogen and oxygen atoms in total. The van der Waals surface area contributed by atoms with Crippen molar-refractivity contribution >= 4 is 28.8 Å². The number of nitrogen functional groups attached to an aromatic ring is 1. The largest absolute Gasteiger partial charge is 0.398 e. The standard InChI is InChI=1S/C12H17N3O2S/c1-18-12-2-4-14(5-3-12)10-6-9(13)7-11(8-10)15(16)17/h6-8,12H,2-5,13H2,1H3. The Hall–Kier alpha value is -1.43. The summed E-state index contributed by atoms with van der Waals surface area (Å²) in [5.74, 6) is 0. The Balaban J connectivity index is 2.16. The Kier molecular flexibility index (Phi) is 3.96. The Bertz CT molecular complexity index is 445. The van der Waals surface area contributed by atoms with E-state index < -0.39 is 4.92 Å². The first-order valence-corrected chi connectivity index (χ1v) is 7.21. The molecule has 1 aromatic carbocycles. The molecule has 0 atom stereocenters. The fourth-order valence-corrected chi connectivity index (χ4v) is 2.94. The lowest BCUT2D eigenvalue weighted by molar-refractivity contribution is -0.384. The van der Waals surface area contributed by atoms with Gasteiger partial charge in [0, 0.05) is 41.8 Å². The predicted octanol–water partition coefficient (Wildman–Crippen LogP) is 2.51. The number of benzene rings is 1. The normalized spacial score (nSPS) is 16.8. The van der Waals surface area contributed by atoms with Crippen LogP contribution < -0.4 is 10.6 Å². The van der Waals surface area contributed by atoms with Crippen molar-refractivity contribution < 1.29 is 4.92 Å². The monoisotopic (exact) mass is 267 g/mol. The number of non-ortho nitro benzene ring substituents is 1. The second-order valence-corrected chi connectivity index (χ2v) is 5.60. The van der Waals surface area contributed by atoms with Crippen molar-refractivity contribution in [1.82, 2.24) is 0 Å². The highest BCUT2D eigenvalue weighted by Crippen LogP contribution is 2.29. The van der Waals surface area contributed by atoms with Crippen LogP contribution in [0, 0.1) is 10.1 Å². The summed E-state index contributed by atoms with van der Waals surface area (Å²) in [6.07, 6.45) is 4.36. The molecule has 1 fully saturated rings. The Morgan fingerprint density at radius 3 is 2.61 bits per heavy atom. The first-order valence-electron chi connectivity index (χ1n) is 5.93. The van der Waals surface area contributed by atoms with Crippen LogP contribution in [0.15, 0.2) is 18.2 Å². The van der Waals surface area contributed by atoms with Gasteiger partial charge in [-0.25, -0.2) is 0 Å². The smallest absolute Gasteiger partial charge is 0.273 e. The van der Waals surface area contributed by atoms with E-state index in [0.717, 1.165) is 31.6 Å². The van der Waals surface area contributed by atoms with E-state index in [-0.39, 0.29) is 5.69 Å². The summed E-state index contributed by atoms with van der Waals surface area (Å²) in [5, 5.41) is 11.5. The third-order valence-corrected chi connectivity index (χ3v) is 4.41. The van der Waals surface area contributed by atoms with Gasteiger partial charge in [-0.15, -0.1) is 0 Å². The van der Waals surface area contributed by atoms with Crippen molar-refractivity contribution in [3.8, 4) is 0 Å². The third-order valence-electron chi connectivity index (χ3n) is 3.28. The number of nitro benzene ring substituents is 1. The van der Waals surface area contributed by atoms with Crippen LogP contribution in [-0.4, -0.2) is 29.5 Å². The van der Waals surface area contributed by atoms with E-state index in [9.17, 15) is 10.1 Å². The zero-order valence-corrected chi connectivity index (χ0v) is 11.2. The van der Waals surface area contributed by atoms with Crippen LogP contribution in [0.25, 0.3) is 0 Å². The molecule has 0 aliphatic carbocycles. The van der Waals surface area contributed by atoms with Gasteiger partial charge >= 0.3 is 0 Å². The fraction of sp³-hybridized carbons (Fsp3) is 0.500. The summed E-state index contributed by atoms with van der Waals surface area (Å²) in [6, 6.07) is 4.82. The van der Waals surface area contributed by atoms with Crippen LogP contribution >= 0.6 is 11.8 Å². The average molecular weight is 267 g/mol. The molecule has 0 saturated carbocycles. The number of thioether (sulfide) groups is 1. The average Bonchev–Trinajstić information content (AvgIpc) is 2.38. The molecule has 0 bridgehead atoms. The molecule has 1 heterocycles. The van der Waals surface area contributed by atoms with Gasteiger partial charge in [-0.05, 0) is 25.2 Å². The van der Waals surface area contributed by atoms with E-state index in [1.165, 1.54) is 6.07 Å². The van der Waals surface area contributed by atoms with Gasteiger partial charge in [0.25, 0.3) is 5.69 Å². The van der Waals surface area contributed by atoms with Crippen molar-refractivity contribution in [1.29, 1.82) is 0 Å². The molecule has 2 rings (SSSR count). The molecule has 2 N–H and O–H groups in total. The molecule has 1 saturated heterocycles. The number of nitrogens with zero attached hydrogens (tertiary/aromatic N) is 2. The van der Waals surface area contributed by atoms with E-state index in [2.05, 4.69) is 11.2 Å². The molecule has 1 aromatic rings. The zero-order chi connectivity index (χ0) is 13.1. The first-order chi connectivity index (χ1) is 8.60. The summed E-state index contributed by atoms with van der Waals surface area (Å²) in [5.41, 5.74) is 7.10. The van der Waals surface area contributed by atoms with E-state index in [1.54, 1.807) is 6.07 Å². The molecule has 18 heavy (non-hydrogen) atoms. The van der Waals surface area contributed by atoms with Gasteiger partial charge in [0.2, 0.25) is 0 Å². The second kappa shape index (κ2) is 5.48. The highest BCUT2D eigenvalue weighted by atomic mass is 32.2. The quantitative estimate of drug-likeness (QED) is 0.517. The number of piperidine rings is 1. The number of anilines is 2. The zero-order valence-electron chi connectivity index (χ0n) is 10.3. The van der Waals surface area contributed by atoms with Crippen LogP contribution in [0.5, 0.6) is 0 Å².